The van der Waals surface area contributed by atoms with E-state index in [1.54, 1.807) is 4.90 Å². The quantitative estimate of drug-likeness (QED) is 0.748. The molecular weight excluding hydrogens is 264 g/mol. The number of benzene rings is 1. The highest BCUT2D eigenvalue weighted by Gasteiger charge is 2.14. The van der Waals surface area contributed by atoms with Crippen molar-refractivity contribution in [3.63, 3.8) is 0 Å². The SMILES string of the molecule is CCCCCNC(=O)CCN(C(C)=O)c1ccccc1C. The summed E-state index contributed by atoms with van der Waals surface area (Å²) in [6.45, 7) is 6.77. The van der Waals surface area contributed by atoms with Gasteiger partial charge in [-0.25, -0.2) is 0 Å². The van der Waals surface area contributed by atoms with E-state index >= 15 is 0 Å². The standard InChI is InChI=1S/C17H26N2O2/c1-4-5-8-12-18-17(21)11-13-19(15(3)20)16-10-7-6-9-14(16)2/h6-7,9-10H,4-5,8,11-13H2,1-3H3,(H,18,21). The fraction of sp³-hybridized carbons (Fsp3) is 0.529. The molecule has 0 heterocycles. The molecule has 0 radical (unpaired) electrons. The number of aryl methyl sites for hydroxylation is 1. The number of nitrogens with zero attached hydrogens (tertiary/aromatic N) is 1. The first-order valence-corrected chi connectivity index (χ1v) is 7.66. The minimum absolute atomic E-state index is 0.00550. The van der Waals surface area contributed by atoms with Crippen LogP contribution in [0.5, 0.6) is 0 Å². The third kappa shape index (κ3) is 5.98. The smallest absolute Gasteiger partial charge is 0.223 e. The molecule has 0 atom stereocenters. The predicted octanol–water partition coefficient (Wildman–Crippen LogP) is 3.04. The summed E-state index contributed by atoms with van der Waals surface area (Å²) in [6.07, 6.45) is 3.61. The maximum Gasteiger partial charge on any atom is 0.223 e. The number of carbonyl (C=O) groups excluding carboxylic acids is 2. The molecule has 4 heteroatoms. The topological polar surface area (TPSA) is 49.4 Å². The van der Waals surface area contributed by atoms with Crippen LogP contribution in [0.15, 0.2) is 24.3 Å². The molecule has 4 nitrogen and oxygen atoms in total. The van der Waals surface area contributed by atoms with Crippen LogP contribution in [0.1, 0.15) is 45.1 Å². The van der Waals surface area contributed by atoms with Crippen molar-refractivity contribution in [1.82, 2.24) is 5.32 Å². The van der Waals surface area contributed by atoms with E-state index < -0.39 is 0 Å². The first-order chi connectivity index (χ1) is 10.1. The Labute approximate surface area is 127 Å². The molecule has 0 aliphatic rings. The summed E-state index contributed by atoms with van der Waals surface area (Å²) >= 11 is 0. The van der Waals surface area contributed by atoms with E-state index in [-0.39, 0.29) is 11.8 Å². The van der Waals surface area contributed by atoms with Crippen molar-refractivity contribution < 1.29 is 9.59 Å². The highest BCUT2D eigenvalue weighted by Crippen LogP contribution is 2.19. The number of anilines is 1. The lowest BCUT2D eigenvalue weighted by Crippen LogP contribution is -2.34. The summed E-state index contributed by atoms with van der Waals surface area (Å²) in [7, 11) is 0. The lowest BCUT2D eigenvalue weighted by molar-refractivity contribution is -0.121. The van der Waals surface area contributed by atoms with Gasteiger partial charge in [0.05, 0.1) is 0 Å². The van der Waals surface area contributed by atoms with Crippen LogP contribution in [0, 0.1) is 6.92 Å². The van der Waals surface area contributed by atoms with Gasteiger partial charge in [0.2, 0.25) is 11.8 Å². The van der Waals surface area contributed by atoms with Crippen LogP contribution in [0.4, 0.5) is 5.69 Å². The number of para-hydroxylation sites is 1. The Kier molecular flexibility index (Phi) is 7.51. The maximum atomic E-state index is 11.8. The molecule has 0 aromatic heterocycles. The molecule has 1 aromatic carbocycles. The van der Waals surface area contributed by atoms with Crippen molar-refractivity contribution in [2.75, 3.05) is 18.0 Å². The molecule has 0 aliphatic carbocycles. The normalized spacial score (nSPS) is 10.2. The lowest BCUT2D eigenvalue weighted by Gasteiger charge is -2.22. The van der Waals surface area contributed by atoms with Gasteiger partial charge in [-0.05, 0) is 25.0 Å². The van der Waals surface area contributed by atoms with Crippen LogP contribution in [0.3, 0.4) is 0 Å². The van der Waals surface area contributed by atoms with E-state index in [4.69, 9.17) is 0 Å². The zero-order valence-electron chi connectivity index (χ0n) is 13.3. The average molecular weight is 290 g/mol. The molecule has 0 saturated carbocycles. The fourth-order valence-electron chi connectivity index (χ4n) is 2.22. The Hall–Kier alpha value is -1.84. The van der Waals surface area contributed by atoms with E-state index in [2.05, 4.69) is 12.2 Å². The van der Waals surface area contributed by atoms with Crippen molar-refractivity contribution >= 4 is 17.5 Å². The van der Waals surface area contributed by atoms with Crippen LogP contribution >= 0.6 is 0 Å². The fourth-order valence-corrected chi connectivity index (χ4v) is 2.22. The summed E-state index contributed by atoms with van der Waals surface area (Å²) in [5, 5.41) is 2.90. The summed E-state index contributed by atoms with van der Waals surface area (Å²) in [5.41, 5.74) is 1.92. The third-order valence-corrected chi connectivity index (χ3v) is 3.45. The van der Waals surface area contributed by atoms with Crippen molar-refractivity contribution in [3.05, 3.63) is 29.8 Å². The third-order valence-electron chi connectivity index (χ3n) is 3.45. The van der Waals surface area contributed by atoms with Gasteiger partial charge >= 0.3 is 0 Å². The van der Waals surface area contributed by atoms with Gasteiger partial charge in [0.1, 0.15) is 0 Å². The zero-order valence-corrected chi connectivity index (χ0v) is 13.3. The largest absolute Gasteiger partial charge is 0.356 e. The Morgan fingerprint density at radius 2 is 1.90 bits per heavy atom. The molecule has 0 bridgehead atoms. The molecule has 0 fully saturated rings. The van der Waals surface area contributed by atoms with E-state index in [1.165, 1.54) is 6.92 Å². The van der Waals surface area contributed by atoms with Gasteiger partial charge in [-0.15, -0.1) is 0 Å². The van der Waals surface area contributed by atoms with Crippen LogP contribution in [-0.4, -0.2) is 24.9 Å². The van der Waals surface area contributed by atoms with Gasteiger partial charge < -0.3 is 10.2 Å². The predicted molar refractivity (Wildman–Crippen MR) is 86.4 cm³/mol. The van der Waals surface area contributed by atoms with Crippen molar-refractivity contribution in [2.45, 2.75) is 46.5 Å². The molecular formula is C17H26N2O2. The second kappa shape index (κ2) is 9.16. The number of rotatable bonds is 8. The minimum atomic E-state index is -0.0388. The lowest BCUT2D eigenvalue weighted by atomic mass is 10.1. The molecule has 1 N–H and O–H groups in total. The molecule has 116 valence electrons. The van der Waals surface area contributed by atoms with Crippen molar-refractivity contribution in [1.29, 1.82) is 0 Å². The Morgan fingerprint density at radius 3 is 2.52 bits per heavy atom. The summed E-state index contributed by atoms with van der Waals surface area (Å²) in [6, 6.07) is 7.73. The van der Waals surface area contributed by atoms with E-state index in [0.717, 1.165) is 37.1 Å². The Bertz CT molecular complexity index is 472. The molecule has 21 heavy (non-hydrogen) atoms. The van der Waals surface area contributed by atoms with Crippen LogP contribution in [0.2, 0.25) is 0 Å². The van der Waals surface area contributed by atoms with Crippen molar-refractivity contribution in [3.8, 4) is 0 Å². The Balaban J connectivity index is 2.51. The number of hydrogen-bond donors (Lipinski definition) is 1. The van der Waals surface area contributed by atoms with E-state index in [1.807, 2.05) is 31.2 Å². The first-order valence-electron chi connectivity index (χ1n) is 7.66. The summed E-state index contributed by atoms with van der Waals surface area (Å²) in [5.74, 6) is -0.0333. The molecule has 0 unspecified atom stereocenters. The second-order valence-corrected chi connectivity index (χ2v) is 5.26. The number of hydrogen-bond acceptors (Lipinski definition) is 2. The molecule has 1 aromatic rings. The highest BCUT2D eigenvalue weighted by molar-refractivity contribution is 5.93. The zero-order chi connectivity index (χ0) is 15.7. The molecule has 0 aliphatic heterocycles. The number of nitrogens with one attached hydrogen (secondary N) is 1. The van der Waals surface area contributed by atoms with Gasteiger partial charge in [-0.2, -0.15) is 0 Å². The molecule has 0 spiro atoms. The van der Waals surface area contributed by atoms with Crippen LogP contribution < -0.4 is 10.2 Å². The average Bonchev–Trinajstić information content (AvgIpc) is 2.45. The number of amides is 2. The molecule has 1 rings (SSSR count). The van der Waals surface area contributed by atoms with Gasteiger partial charge in [-0.1, -0.05) is 38.0 Å². The van der Waals surface area contributed by atoms with Gasteiger partial charge in [-0.3, -0.25) is 9.59 Å². The minimum Gasteiger partial charge on any atom is -0.356 e. The van der Waals surface area contributed by atoms with Crippen molar-refractivity contribution in [2.24, 2.45) is 0 Å². The first kappa shape index (κ1) is 17.2. The highest BCUT2D eigenvalue weighted by atomic mass is 16.2. The number of carbonyl (C=O) groups is 2. The molecule has 0 saturated heterocycles. The second-order valence-electron chi connectivity index (χ2n) is 5.26. The number of unbranched alkanes of at least 4 members (excludes halogenated alkanes) is 2. The van der Waals surface area contributed by atoms with Crippen LogP contribution in [0.25, 0.3) is 0 Å². The maximum absolute atomic E-state index is 11.8. The van der Waals surface area contributed by atoms with Gasteiger partial charge in [0.25, 0.3) is 0 Å². The monoisotopic (exact) mass is 290 g/mol. The summed E-state index contributed by atoms with van der Waals surface area (Å²) in [4.78, 5) is 25.3. The summed E-state index contributed by atoms with van der Waals surface area (Å²) < 4.78 is 0. The van der Waals surface area contributed by atoms with Crippen LogP contribution in [-0.2, 0) is 9.59 Å². The van der Waals surface area contributed by atoms with E-state index in [0.29, 0.717) is 13.0 Å². The van der Waals surface area contributed by atoms with Gasteiger partial charge in [0, 0.05) is 32.1 Å². The van der Waals surface area contributed by atoms with Gasteiger partial charge in [0.15, 0.2) is 0 Å². The van der Waals surface area contributed by atoms with E-state index in [9.17, 15) is 9.59 Å². The Morgan fingerprint density at radius 1 is 1.19 bits per heavy atom. The molecule has 2 amide bonds.